The zero-order valence-corrected chi connectivity index (χ0v) is 12.5. The van der Waals surface area contributed by atoms with E-state index in [2.05, 4.69) is 76.0 Å². The lowest BCUT2D eigenvalue weighted by atomic mass is 9.76. The van der Waals surface area contributed by atoms with Crippen molar-refractivity contribution in [2.45, 2.75) is 20.3 Å². The number of rotatable bonds is 5. The third kappa shape index (κ3) is 3.32. The maximum Gasteiger partial charge on any atom is 0.0102 e. The molecule has 0 aliphatic carbocycles. The van der Waals surface area contributed by atoms with Gasteiger partial charge in [-0.15, -0.1) is 0 Å². The van der Waals surface area contributed by atoms with Crippen molar-refractivity contribution in [1.82, 2.24) is 0 Å². The molecule has 0 heterocycles. The second-order valence-corrected chi connectivity index (χ2v) is 5.57. The van der Waals surface area contributed by atoms with Crippen molar-refractivity contribution in [3.05, 3.63) is 35.9 Å². The molecule has 0 atom stereocenters. The molecule has 15 heavy (non-hydrogen) atoms. The fourth-order valence-electron chi connectivity index (χ4n) is 1.65. The first-order chi connectivity index (χ1) is 7.14. The summed E-state index contributed by atoms with van der Waals surface area (Å²) >= 11 is 7.32. The molecule has 0 aliphatic heterocycles. The van der Waals surface area contributed by atoms with Gasteiger partial charge in [-0.05, 0) is 23.3 Å². The number of halogens is 2. The highest BCUT2D eigenvalue weighted by molar-refractivity contribution is 9.09. The average Bonchev–Trinajstić information content (AvgIpc) is 2.27. The molecule has 0 radical (unpaired) electrons. The van der Waals surface area contributed by atoms with Crippen LogP contribution >= 0.6 is 31.9 Å². The molecular weight excluding hydrogens is 316 g/mol. The molecule has 1 aromatic rings. The predicted octanol–water partition coefficient (Wildman–Crippen LogP) is 4.66. The summed E-state index contributed by atoms with van der Waals surface area (Å²) in [7, 11) is 0. The summed E-state index contributed by atoms with van der Waals surface area (Å²) < 4.78 is 0. The molecule has 2 heteroatoms. The molecule has 0 amide bonds. The zero-order chi connectivity index (χ0) is 11.3. The van der Waals surface area contributed by atoms with E-state index in [4.69, 9.17) is 0 Å². The first-order valence-corrected chi connectivity index (χ1v) is 7.55. The standard InChI is InChI=1S/C13H18Br2/c1-11(2)13(9-14,10-15)8-12-6-4-3-5-7-12/h3-7,11H,8-10H2,1-2H3. The van der Waals surface area contributed by atoms with Gasteiger partial charge in [0, 0.05) is 10.7 Å². The highest BCUT2D eigenvalue weighted by Crippen LogP contribution is 2.35. The lowest BCUT2D eigenvalue weighted by Crippen LogP contribution is -2.33. The van der Waals surface area contributed by atoms with Gasteiger partial charge in [-0.2, -0.15) is 0 Å². The predicted molar refractivity (Wildman–Crippen MR) is 75.0 cm³/mol. The van der Waals surface area contributed by atoms with Gasteiger partial charge < -0.3 is 0 Å². The van der Waals surface area contributed by atoms with Crippen molar-refractivity contribution in [2.75, 3.05) is 10.7 Å². The lowest BCUT2D eigenvalue weighted by Gasteiger charge is -2.34. The van der Waals surface area contributed by atoms with Gasteiger partial charge in [0.15, 0.2) is 0 Å². The molecule has 0 N–H and O–H groups in total. The van der Waals surface area contributed by atoms with Crippen molar-refractivity contribution in [3.63, 3.8) is 0 Å². The lowest BCUT2D eigenvalue weighted by molar-refractivity contribution is 0.268. The third-order valence-electron chi connectivity index (χ3n) is 3.16. The van der Waals surface area contributed by atoms with E-state index in [-0.39, 0.29) is 0 Å². The quantitative estimate of drug-likeness (QED) is 0.687. The Morgan fingerprint density at radius 3 is 2.00 bits per heavy atom. The molecule has 0 fully saturated rings. The molecule has 0 aliphatic rings. The van der Waals surface area contributed by atoms with Gasteiger partial charge in [0.1, 0.15) is 0 Å². The summed E-state index contributed by atoms with van der Waals surface area (Å²) in [6.45, 7) is 4.59. The van der Waals surface area contributed by atoms with Crippen LogP contribution in [0.3, 0.4) is 0 Å². The Hall–Kier alpha value is 0.180. The van der Waals surface area contributed by atoms with Gasteiger partial charge in [-0.1, -0.05) is 76.0 Å². The minimum Gasteiger partial charge on any atom is -0.0921 e. The van der Waals surface area contributed by atoms with Gasteiger partial charge in [0.05, 0.1) is 0 Å². The smallest absolute Gasteiger partial charge is 0.0102 e. The van der Waals surface area contributed by atoms with E-state index in [1.807, 2.05) is 0 Å². The van der Waals surface area contributed by atoms with Gasteiger partial charge in [0.2, 0.25) is 0 Å². The molecule has 0 saturated heterocycles. The number of alkyl halides is 2. The SMILES string of the molecule is CC(C)C(CBr)(CBr)Cc1ccccc1. The van der Waals surface area contributed by atoms with Crippen LogP contribution in [0.2, 0.25) is 0 Å². The van der Waals surface area contributed by atoms with Gasteiger partial charge in [0.25, 0.3) is 0 Å². The molecule has 1 aromatic carbocycles. The molecule has 0 unspecified atom stereocenters. The minimum atomic E-state index is 0.321. The first-order valence-electron chi connectivity index (χ1n) is 5.30. The molecule has 84 valence electrons. The van der Waals surface area contributed by atoms with Crippen LogP contribution in [0, 0.1) is 11.3 Å². The van der Waals surface area contributed by atoms with Crippen LogP contribution in [-0.4, -0.2) is 10.7 Å². The molecule has 0 nitrogen and oxygen atoms in total. The fourth-order valence-corrected chi connectivity index (χ4v) is 4.27. The van der Waals surface area contributed by atoms with Crippen LogP contribution in [-0.2, 0) is 6.42 Å². The van der Waals surface area contributed by atoms with Crippen molar-refractivity contribution < 1.29 is 0 Å². The van der Waals surface area contributed by atoms with E-state index in [1.165, 1.54) is 5.56 Å². The average molecular weight is 334 g/mol. The van der Waals surface area contributed by atoms with Crippen molar-refractivity contribution in [1.29, 1.82) is 0 Å². The fraction of sp³-hybridized carbons (Fsp3) is 0.538. The number of hydrogen-bond donors (Lipinski definition) is 0. The van der Waals surface area contributed by atoms with Gasteiger partial charge in [-0.3, -0.25) is 0 Å². The summed E-state index contributed by atoms with van der Waals surface area (Å²) in [5.74, 6) is 0.663. The molecule has 1 rings (SSSR count). The molecule has 0 aromatic heterocycles. The van der Waals surface area contributed by atoms with Gasteiger partial charge in [-0.25, -0.2) is 0 Å². The molecule has 0 spiro atoms. The number of benzene rings is 1. The highest BCUT2D eigenvalue weighted by atomic mass is 79.9. The van der Waals surface area contributed by atoms with Gasteiger partial charge >= 0.3 is 0 Å². The summed E-state index contributed by atoms with van der Waals surface area (Å²) in [6, 6.07) is 10.7. The minimum absolute atomic E-state index is 0.321. The Labute approximate surface area is 110 Å². The Morgan fingerprint density at radius 1 is 1.07 bits per heavy atom. The van der Waals surface area contributed by atoms with E-state index in [0.717, 1.165) is 17.1 Å². The molecule has 0 bridgehead atoms. The summed E-state index contributed by atoms with van der Waals surface area (Å²) in [4.78, 5) is 0. The van der Waals surface area contributed by atoms with Crippen LogP contribution < -0.4 is 0 Å². The van der Waals surface area contributed by atoms with E-state index in [1.54, 1.807) is 0 Å². The second-order valence-electron chi connectivity index (χ2n) is 4.45. The molecule has 0 saturated carbocycles. The van der Waals surface area contributed by atoms with Crippen molar-refractivity contribution in [2.24, 2.45) is 11.3 Å². The Bertz CT molecular complexity index is 276. The largest absolute Gasteiger partial charge is 0.0921 e. The molecular formula is C13H18Br2. The Morgan fingerprint density at radius 2 is 1.60 bits per heavy atom. The second kappa shape index (κ2) is 6.05. The maximum atomic E-state index is 3.66. The van der Waals surface area contributed by atoms with E-state index in [9.17, 15) is 0 Å². The Kier molecular flexibility index (Phi) is 5.34. The van der Waals surface area contributed by atoms with Crippen LogP contribution in [0.5, 0.6) is 0 Å². The van der Waals surface area contributed by atoms with Crippen LogP contribution in [0.15, 0.2) is 30.3 Å². The van der Waals surface area contributed by atoms with E-state index >= 15 is 0 Å². The topological polar surface area (TPSA) is 0 Å². The first kappa shape index (κ1) is 13.2. The van der Waals surface area contributed by atoms with E-state index < -0.39 is 0 Å². The maximum absolute atomic E-state index is 3.66. The zero-order valence-electron chi connectivity index (χ0n) is 9.34. The normalized spacial score (nSPS) is 12.1. The van der Waals surface area contributed by atoms with Crippen LogP contribution in [0.1, 0.15) is 19.4 Å². The Balaban J connectivity index is 2.84. The monoisotopic (exact) mass is 332 g/mol. The summed E-state index contributed by atoms with van der Waals surface area (Å²) in [6.07, 6.45) is 1.13. The van der Waals surface area contributed by atoms with Crippen LogP contribution in [0.4, 0.5) is 0 Å². The van der Waals surface area contributed by atoms with Crippen LogP contribution in [0.25, 0.3) is 0 Å². The third-order valence-corrected chi connectivity index (χ3v) is 5.39. The highest BCUT2D eigenvalue weighted by Gasteiger charge is 2.31. The number of hydrogen-bond acceptors (Lipinski definition) is 0. The van der Waals surface area contributed by atoms with Crippen molar-refractivity contribution in [3.8, 4) is 0 Å². The van der Waals surface area contributed by atoms with E-state index in [0.29, 0.717) is 11.3 Å². The van der Waals surface area contributed by atoms with Crippen molar-refractivity contribution >= 4 is 31.9 Å². The summed E-state index contributed by atoms with van der Waals surface area (Å²) in [5, 5.41) is 2.08. The summed E-state index contributed by atoms with van der Waals surface area (Å²) in [5.41, 5.74) is 1.74.